The van der Waals surface area contributed by atoms with Crippen molar-refractivity contribution in [1.82, 2.24) is 18.4 Å². The van der Waals surface area contributed by atoms with Gasteiger partial charge in [0.2, 0.25) is 20.0 Å². The van der Waals surface area contributed by atoms with Crippen LogP contribution >= 0.6 is 0 Å². The summed E-state index contributed by atoms with van der Waals surface area (Å²) in [4.78, 5) is 17.3. The van der Waals surface area contributed by atoms with Crippen molar-refractivity contribution < 1.29 is 21.6 Å². The van der Waals surface area contributed by atoms with Gasteiger partial charge in [0.05, 0.1) is 17.2 Å². The summed E-state index contributed by atoms with van der Waals surface area (Å²) in [5.41, 5.74) is 2.97. The zero-order chi connectivity index (χ0) is 26.3. The van der Waals surface area contributed by atoms with Crippen LogP contribution in [-0.4, -0.2) is 97.8 Å². The van der Waals surface area contributed by atoms with E-state index >= 15 is 0 Å². The number of piperazine rings is 1. The Morgan fingerprint density at radius 2 is 1.44 bits per heavy atom. The van der Waals surface area contributed by atoms with E-state index in [2.05, 4.69) is 6.58 Å². The minimum Gasteiger partial charge on any atom is -0.353 e. The minimum atomic E-state index is -3.56. The van der Waals surface area contributed by atoms with E-state index in [9.17, 15) is 21.6 Å². The molecule has 0 aromatic rings. The first-order valence-corrected chi connectivity index (χ1v) is 15.5. The van der Waals surface area contributed by atoms with E-state index in [4.69, 9.17) is 5.41 Å². The zero-order valence-corrected chi connectivity index (χ0v) is 22.6. The number of carbonyl (C=O) groups is 1. The lowest BCUT2D eigenvalue weighted by atomic mass is 9.97. The van der Waals surface area contributed by atoms with Gasteiger partial charge in [-0.15, -0.1) is 0 Å². The lowest BCUT2D eigenvalue weighted by Crippen LogP contribution is -2.51. The quantitative estimate of drug-likeness (QED) is 0.323. The smallest absolute Gasteiger partial charge is 0.252 e. The number of rotatable bonds is 5. The molecule has 0 saturated carbocycles. The zero-order valence-electron chi connectivity index (χ0n) is 21.0. The monoisotopic (exact) mass is 537 g/mol. The molecule has 0 radical (unpaired) electrons. The molecule has 3 saturated heterocycles. The molecule has 1 N–H and O–H groups in total. The highest BCUT2D eigenvalue weighted by Gasteiger charge is 2.38. The number of amides is 1. The molecule has 0 unspecified atom stereocenters. The Labute approximate surface area is 214 Å². The SMILES string of the molecule is C=C(C)/C=C(/C)C(=N)N1CCN(C(=O)C2=C(N3CCCS3(=O)=O)C=C(N3CCCS3(=O)=O)CC2)CC1. The maximum absolute atomic E-state index is 13.6. The third-order valence-electron chi connectivity index (χ3n) is 7.01. The fourth-order valence-electron chi connectivity index (χ4n) is 5.22. The van der Waals surface area contributed by atoms with Crippen LogP contribution in [0.4, 0.5) is 0 Å². The number of allylic oxidation sites excluding steroid dienone is 4. The fraction of sp³-hybridized carbons (Fsp3) is 0.583. The Bertz CT molecular complexity index is 1270. The van der Waals surface area contributed by atoms with Crippen LogP contribution in [0.1, 0.15) is 39.5 Å². The van der Waals surface area contributed by atoms with Crippen LogP contribution in [0.15, 0.2) is 46.8 Å². The summed E-state index contributed by atoms with van der Waals surface area (Å²) < 4.78 is 53.2. The molecular weight excluding hydrogens is 502 g/mol. The molecule has 3 heterocycles. The molecule has 0 bridgehead atoms. The average Bonchev–Trinajstić information content (AvgIpc) is 3.37. The number of hydrogen-bond acceptors (Lipinski definition) is 6. The fourth-order valence-corrected chi connectivity index (χ4v) is 8.42. The highest BCUT2D eigenvalue weighted by molar-refractivity contribution is 7.89. The van der Waals surface area contributed by atoms with Crippen molar-refractivity contribution in [2.75, 3.05) is 50.8 Å². The van der Waals surface area contributed by atoms with Crippen molar-refractivity contribution in [3.05, 3.63) is 46.8 Å². The lowest BCUT2D eigenvalue weighted by molar-refractivity contribution is -0.128. The largest absolute Gasteiger partial charge is 0.353 e. The molecule has 198 valence electrons. The van der Waals surface area contributed by atoms with Gasteiger partial charge in [-0.05, 0) is 51.2 Å². The van der Waals surface area contributed by atoms with Gasteiger partial charge in [0.15, 0.2) is 0 Å². The molecule has 10 nitrogen and oxygen atoms in total. The molecule has 3 fully saturated rings. The standard InChI is InChI=1S/C24H35N5O5S2/c1-18(2)16-19(3)23(25)26-10-12-27(13-11-26)24(30)21-7-6-20(28-8-4-14-35(28,31)32)17-22(21)29-9-5-15-36(29,33)34/h16-17,25H,1,4-15H2,2-3H3/b19-16-,25-23?. The van der Waals surface area contributed by atoms with E-state index in [-0.39, 0.29) is 30.4 Å². The van der Waals surface area contributed by atoms with E-state index < -0.39 is 20.0 Å². The number of hydrogen-bond donors (Lipinski definition) is 1. The van der Waals surface area contributed by atoms with Gasteiger partial charge in [0.1, 0.15) is 5.84 Å². The van der Waals surface area contributed by atoms with Crippen molar-refractivity contribution in [3.8, 4) is 0 Å². The van der Waals surface area contributed by atoms with Crippen LogP contribution in [0.5, 0.6) is 0 Å². The minimum absolute atomic E-state index is 0.0149. The Balaban J connectivity index is 1.59. The van der Waals surface area contributed by atoms with Gasteiger partial charge in [-0.3, -0.25) is 18.8 Å². The highest BCUT2D eigenvalue weighted by Crippen LogP contribution is 2.35. The average molecular weight is 538 g/mol. The number of amidine groups is 1. The molecule has 4 aliphatic rings. The summed E-state index contributed by atoms with van der Waals surface area (Å²) in [6.45, 7) is 10.1. The number of nitrogens with zero attached hydrogens (tertiary/aromatic N) is 4. The second kappa shape index (κ2) is 10.0. The van der Waals surface area contributed by atoms with Crippen molar-refractivity contribution in [2.45, 2.75) is 39.5 Å². The van der Waals surface area contributed by atoms with Crippen molar-refractivity contribution >= 4 is 31.8 Å². The van der Waals surface area contributed by atoms with Crippen molar-refractivity contribution in [1.29, 1.82) is 5.41 Å². The van der Waals surface area contributed by atoms with Crippen LogP contribution in [-0.2, 0) is 24.8 Å². The van der Waals surface area contributed by atoms with Gasteiger partial charge in [0.25, 0.3) is 5.91 Å². The van der Waals surface area contributed by atoms with Crippen LogP contribution in [0.2, 0.25) is 0 Å². The van der Waals surface area contributed by atoms with Gasteiger partial charge in [0, 0.05) is 50.5 Å². The van der Waals surface area contributed by atoms with Crippen molar-refractivity contribution in [2.24, 2.45) is 0 Å². The summed E-state index contributed by atoms with van der Waals surface area (Å²) >= 11 is 0. The maximum Gasteiger partial charge on any atom is 0.252 e. The Morgan fingerprint density at radius 3 is 1.97 bits per heavy atom. The van der Waals surface area contributed by atoms with Crippen LogP contribution in [0.3, 0.4) is 0 Å². The molecule has 1 amide bonds. The molecule has 1 aliphatic carbocycles. The van der Waals surface area contributed by atoms with E-state index in [1.807, 2.05) is 24.8 Å². The third kappa shape index (κ3) is 5.24. The predicted octanol–water partition coefficient (Wildman–Crippen LogP) is 1.63. The van der Waals surface area contributed by atoms with Crippen molar-refractivity contribution in [3.63, 3.8) is 0 Å². The Kier molecular flexibility index (Phi) is 7.38. The molecule has 0 atom stereocenters. The van der Waals surface area contributed by atoms with Gasteiger partial charge in [-0.25, -0.2) is 16.8 Å². The predicted molar refractivity (Wildman–Crippen MR) is 139 cm³/mol. The third-order valence-corrected chi connectivity index (χ3v) is 10.8. The summed E-state index contributed by atoms with van der Waals surface area (Å²) in [7, 11) is -6.96. The molecule has 0 aromatic heterocycles. The van der Waals surface area contributed by atoms with E-state index in [0.29, 0.717) is 74.8 Å². The van der Waals surface area contributed by atoms with E-state index in [1.165, 1.54) is 8.61 Å². The first-order chi connectivity index (χ1) is 16.9. The molecule has 4 rings (SSSR count). The van der Waals surface area contributed by atoms with Crippen LogP contribution in [0, 0.1) is 5.41 Å². The second-order valence-electron chi connectivity index (χ2n) is 9.78. The summed E-state index contributed by atoms with van der Waals surface area (Å²) in [6.07, 6.45) is 5.13. The first kappa shape index (κ1) is 26.5. The van der Waals surface area contributed by atoms with Crippen LogP contribution < -0.4 is 0 Å². The van der Waals surface area contributed by atoms with E-state index in [0.717, 1.165) is 11.1 Å². The Morgan fingerprint density at radius 1 is 0.889 bits per heavy atom. The molecular formula is C24H35N5O5S2. The second-order valence-corrected chi connectivity index (χ2v) is 13.8. The Hall–Kier alpha value is -2.60. The number of nitrogens with one attached hydrogen (secondary N) is 1. The molecule has 36 heavy (non-hydrogen) atoms. The van der Waals surface area contributed by atoms with Gasteiger partial charge in [-0.1, -0.05) is 18.2 Å². The molecule has 12 heteroatoms. The van der Waals surface area contributed by atoms with E-state index in [1.54, 1.807) is 11.0 Å². The molecule has 3 aliphatic heterocycles. The number of carbonyl (C=O) groups excluding carboxylic acids is 1. The normalized spacial score (nSPS) is 24.3. The maximum atomic E-state index is 13.6. The van der Waals surface area contributed by atoms with Gasteiger partial charge in [-0.2, -0.15) is 0 Å². The molecule has 0 spiro atoms. The van der Waals surface area contributed by atoms with Crippen LogP contribution in [0.25, 0.3) is 0 Å². The highest BCUT2D eigenvalue weighted by atomic mass is 32.2. The summed E-state index contributed by atoms with van der Waals surface area (Å²) in [6, 6.07) is 0. The lowest BCUT2D eigenvalue weighted by Gasteiger charge is -2.38. The first-order valence-electron chi connectivity index (χ1n) is 12.3. The molecule has 0 aromatic carbocycles. The summed E-state index contributed by atoms with van der Waals surface area (Å²) in [5, 5.41) is 8.45. The topological polar surface area (TPSA) is 122 Å². The summed E-state index contributed by atoms with van der Waals surface area (Å²) in [5.74, 6) is 0.288. The number of sulfonamides is 2. The van der Waals surface area contributed by atoms with Gasteiger partial charge < -0.3 is 9.80 Å². The van der Waals surface area contributed by atoms with Gasteiger partial charge >= 0.3 is 0 Å².